The summed E-state index contributed by atoms with van der Waals surface area (Å²) < 4.78 is 5.16. The monoisotopic (exact) mass is 673 g/mol. The first-order valence-corrected chi connectivity index (χ1v) is 17.9. The van der Waals surface area contributed by atoms with Crippen LogP contribution >= 0.6 is 0 Å². The number of piperazine rings is 2. The van der Waals surface area contributed by atoms with Gasteiger partial charge in [0.25, 0.3) is 0 Å². The van der Waals surface area contributed by atoms with Gasteiger partial charge in [0, 0.05) is 83.1 Å². The molecule has 1 aromatic heterocycles. The van der Waals surface area contributed by atoms with Crippen LogP contribution < -0.4 is 19.5 Å². The Kier molecular flexibility index (Phi) is 10.9. The molecular formula is C40H47N7O3. The van der Waals surface area contributed by atoms with Crippen molar-refractivity contribution in [2.75, 3.05) is 87.3 Å². The molecule has 0 bridgehead atoms. The van der Waals surface area contributed by atoms with Gasteiger partial charge in [0.1, 0.15) is 11.0 Å². The summed E-state index contributed by atoms with van der Waals surface area (Å²) in [5, 5.41) is 7.97. The molecule has 4 aromatic carbocycles. The predicted molar refractivity (Wildman–Crippen MR) is 200 cm³/mol. The third-order valence-electron chi connectivity index (χ3n) is 9.98. The number of unbranched alkanes of at least 4 members (excludes halogenated alkanes) is 3. The summed E-state index contributed by atoms with van der Waals surface area (Å²) >= 11 is 0. The summed E-state index contributed by atoms with van der Waals surface area (Å²) in [4.78, 5) is 29.5. The molecule has 2 aliphatic rings. The molecule has 3 heterocycles. The summed E-state index contributed by atoms with van der Waals surface area (Å²) in [6.07, 6.45) is 5.04. The van der Waals surface area contributed by atoms with Crippen molar-refractivity contribution in [2.45, 2.75) is 25.7 Å². The van der Waals surface area contributed by atoms with E-state index < -0.39 is 5.97 Å². The number of fused-ring (bicyclic) bond motifs is 1. The van der Waals surface area contributed by atoms with E-state index in [-0.39, 0.29) is 0 Å². The van der Waals surface area contributed by atoms with Crippen molar-refractivity contribution in [3.63, 3.8) is 0 Å². The number of hydrogen-bond donors (Lipinski definition) is 0. The van der Waals surface area contributed by atoms with Crippen LogP contribution in [0.4, 0.5) is 17.1 Å². The highest BCUT2D eigenvalue weighted by atomic mass is 16.7. The molecule has 7 rings (SSSR count). The number of anilines is 3. The normalized spacial score (nSPS) is 15.5. The number of hydrogen-bond acceptors (Lipinski definition) is 9. The summed E-state index contributed by atoms with van der Waals surface area (Å²) in [5.74, 6) is -0.484. The van der Waals surface area contributed by atoms with Crippen LogP contribution in [0.25, 0.3) is 22.2 Å². The van der Waals surface area contributed by atoms with E-state index in [2.05, 4.69) is 78.4 Å². The zero-order chi connectivity index (χ0) is 34.1. The summed E-state index contributed by atoms with van der Waals surface area (Å²) in [7, 11) is 1.79. The molecule has 2 saturated heterocycles. The second-order valence-electron chi connectivity index (χ2n) is 13.2. The first kappa shape index (κ1) is 33.6. The minimum atomic E-state index is -0.484. The molecule has 2 aliphatic heterocycles. The minimum absolute atomic E-state index is 0.450. The Morgan fingerprint density at radius 2 is 1.14 bits per heavy atom. The SMILES string of the molecule is COCCCCCCN1CCN(c2ccc(N3CCN(c4ccc(-c5ccc(C(=O)On6nnc7ccccc76)cc5)cc4)CC3)cc2)CC1. The van der Waals surface area contributed by atoms with Crippen LogP contribution in [0.2, 0.25) is 0 Å². The second-order valence-corrected chi connectivity index (χ2v) is 13.2. The van der Waals surface area contributed by atoms with Crippen LogP contribution in [-0.2, 0) is 4.74 Å². The zero-order valence-electron chi connectivity index (χ0n) is 29.0. The molecule has 0 unspecified atom stereocenters. The van der Waals surface area contributed by atoms with Crippen LogP contribution in [0, 0.1) is 0 Å². The maximum absolute atomic E-state index is 12.8. The van der Waals surface area contributed by atoms with Gasteiger partial charge in [-0.15, -0.1) is 5.10 Å². The smallest absolute Gasteiger partial charge is 0.365 e. The highest BCUT2D eigenvalue weighted by Gasteiger charge is 2.20. The van der Waals surface area contributed by atoms with Gasteiger partial charge in [0.15, 0.2) is 0 Å². The number of rotatable bonds is 13. The molecule has 0 amide bonds. The van der Waals surface area contributed by atoms with Gasteiger partial charge in [0.2, 0.25) is 0 Å². The van der Waals surface area contributed by atoms with E-state index in [4.69, 9.17) is 9.57 Å². The van der Waals surface area contributed by atoms with Crippen molar-refractivity contribution in [1.29, 1.82) is 0 Å². The van der Waals surface area contributed by atoms with E-state index in [0.29, 0.717) is 16.6 Å². The third-order valence-corrected chi connectivity index (χ3v) is 9.98. The highest BCUT2D eigenvalue weighted by molar-refractivity contribution is 5.90. The number of methoxy groups -OCH3 is 1. The molecule has 0 radical (unpaired) electrons. The lowest BCUT2D eigenvalue weighted by molar-refractivity contribution is 0.0409. The Hall–Kier alpha value is -4.93. The van der Waals surface area contributed by atoms with Crippen molar-refractivity contribution in [3.05, 3.63) is 103 Å². The number of nitrogens with zero attached hydrogens (tertiary/aromatic N) is 7. The average Bonchev–Trinajstić information content (AvgIpc) is 3.59. The van der Waals surface area contributed by atoms with Crippen molar-refractivity contribution >= 4 is 34.1 Å². The molecule has 0 N–H and O–H groups in total. The lowest BCUT2D eigenvalue weighted by Crippen LogP contribution is -2.47. The van der Waals surface area contributed by atoms with E-state index in [1.165, 1.54) is 49.3 Å². The maximum Gasteiger partial charge on any atom is 0.365 e. The Bertz CT molecular complexity index is 1810. The van der Waals surface area contributed by atoms with E-state index in [1.54, 1.807) is 19.2 Å². The lowest BCUT2D eigenvalue weighted by atomic mass is 10.0. The van der Waals surface area contributed by atoms with Gasteiger partial charge in [-0.1, -0.05) is 54.1 Å². The number of ether oxygens (including phenoxy) is 1. The van der Waals surface area contributed by atoms with E-state index in [1.807, 2.05) is 36.4 Å². The van der Waals surface area contributed by atoms with Gasteiger partial charge >= 0.3 is 5.97 Å². The zero-order valence-corrected chi connectivity index (χ0v) is 29.0. The third kappa shape index (κ3) is 8.09. The fourth-order valence-corrected chi connectivity index (χ4v) is 6.97. The van der Waals surface area contributed by atoms with Gasteiger partial charge in [-0.2, -0.15) is 0 Å². The molecular weight excluding hydrogens is 626 g/mol. The van der Waals surface area contributed by atoms with Gasteiger partial charge in [-0.3, -0.25) is 4.90 Å². The minimum Gasteiger partial charge on any atom is -0.385 e. The van der Waals surface area contributed by atoms with E-state index >= 15 is 0 Å². The van der Waals surface area contributed by atoms with Gasteiger partial charge in [0.05, 0.1) is 5.56 Å². The summed E-state index contributed by atoms with van der Waals surface area (Å²) in [5.41, 5.74) is 7.77. The molecule has 10 nitrogen and oxygen atoms in total. The first-order valence-electron chi connectivity index (χ1n) is 17.9. The van der Waals surface area contributed by atoms with E-state index in [0.717, 1.165) is 74.9 Å². The topological polar surface area (TPSA) is 79.2 Å². The van der Waals surface area contributed by atoms with Crippen molar-refractivity contribution in [3.8, 4) is 11.1 Å². The van der Waals surface area contributed by atoms with Crippen LogP contribution in [0.15, 0.2) is 97.1 Å². The van der Waals surface area contributed by atoms with Crippen molar-refractivity contribution in [1.82, 2.24) is 20.1 Å². The maximum atomic E-state index is 12.8. The second kappa shape index (κ2) is 16.2. The number of para-hydroxylation sites is 1. The molecule has 0 spiro atoms. The number of aromatic nitrogens is 3. The molecule has 50 heavy (non-hydrogen) atoms. The Morgan fingerprint density at radius 1 is 0.620 bits per heavy atom. The van der Waals surface area contributed by atoms with E-state index in [9.17, 15) is 4.79 Å². The molecule has 2 fully saturated rings. The summed E-state index contributed by atoms with van der Waals surface area (Å²) in [6, 6.07) is 32.7. The fraction of sp³-hybridized carbons (Fsp3) is 0.375. The lowest BCUT2D eigenvalue weighted by Gasteiger charge is -2.38. The molecule has 0 saturated carbocycles. The largest absolute Gasteiger partial charge is 0.385 e. The average molecular weight is 674 g/mol. The van der Waals surface area contributed by atoms with Gasteiger partial charge < -0.3 is 24.3 Å². The molecule has 0 atom stereocenters. The Morgan fingerprint density at radius 3 is 1.74 bits per heavy atom. The quantitative estimate of drug-likeness (QED) is 0.110. The number of carbonyl (C=O) groups excluding carboxylic acids is 1. The van der Waals surface area contributed by atoms with Gasteiger partial charge in [-0.25, -0.2) is 4.79 Å². The Labute approximate surface area is 294 Å². The standard InChI is InChI=1S/C40H47N7O3/c1-49-31-7-3-2-6-22-43-23-25-44(26-24-43)36-18-20-37(21-19-36)46-29-27-45(28-30-46)35-16-14-33(15-17-35)32-10-12-34(13-11-32)40(48)50-47-39-9-5-4-8-38(39)41-42-47/h4-5,8-21H,2-3,6-7,22-31H2,1H3. The fourth-order valence-electron chi connectivity index (χ4n) is 6.97. The number of benzene rings is 4. The highest BCUT2D eigenvalue weighted by Crippen LogP contribution is 2.27. The van der Waals surface area contributed by atoms with Crippen LogP contribution in [0.1, 0.15) is 36.0 Å². The molecule has 10 heteroatoms. The van der Waals surface area contributed by atoms with Crippen LogP contribution in [-0.4, -0.2) is 98.6 Å². The molecule has 0 aliphatic carbocycles. The Balaban J connectivity index is 0.856. The van der Waals surface area contributed by atoms with Crippen molar-refractivity contribution < 1.29 is 14.4 Å². The first-order chi connectivity index (χ1) is 24.6. The molecule has 5 aromatic rings. The van der Waals surface area contributed by atoms with Crippen LogP contribution in [0.3, 0.4) is 0 Å². The van der Waals surface area contributed by atoms with Crippen LogP contribution in [0.5, 0.6) is 0 Å². The summed E-state index contributed by atoms with van der Waals surface area (Å²) in [6.45, 7) is 10.5. The van der Waals surface area contributed by atoms with Gasteiger partial charge in [-0.05, 0) is 96.4 Å². The molecule has 260 valence electrons. The predicted octanol–water partition coefficient (Wildman–Crippen LogP) is 6.02. The number of carbonyl (C=O) groups is 1. The van der Waals surface area contributed by atoms with Crippen molar-refractivity contribution in [2.24, 2.45) is 0 Å².